The van der Waals surface area contributed by atoms with Gasteiger partial charge in [0.25, 0.3) is 17.5 Å². The first-order valence-electron chi connectivity index (χ1n) is 10.5. The lowest BCUT2D eigenvalue weighted by molar-refractivity contribution is -0.384. The maximum absolute atomic E-state index is 13.6. The number of aryl methyl sites for hydroxylation is 2. The van der Waals surface area contributed by atoms with Gasteiger partial charge in [0.2, 0.25) is 0 Å². The highest BCUT2D eigenvalue weighted by Gasteiger charge is 2.42. The van der Waals surface area contributed by atoms with Crippen LogP contribution in [0.3, 0.4) is 0 Å². The minimum atomic E-state index is -1.12. The highest BCUT2D eigenvalue weighted by molar-refractivity contribution is 6.50. The Bertz CT molecular complexity index is 1630. The van der Waals surface area contributed by atoms with E-state index in [-0.39, 0.29) is 16.8 Å². The number of ether oxygens (including phenoxy) is 1. The summed E-state index contributed by atoms with van der Waals surface area (Å²) in [5, 5.41) is 12.6. The molecule has 5 rings (SSSR count). The van der Waals surface area contributed by atoms with Gasteiger partial charge in [-0.1, -0.05) is 18.2 Å². The fraction of sp³-hybridized carbons (Fsp3) is 0.125. The van der Waals surface area contributed by atoms with E-state index in [1.807, 2.05) is 35.9 Å². The van der Waals surface area contributed by atoms with E-state index in [1.54, 1.807) is 30.1 Å². The van der Waals surface area contributed by atoms with Crippen LogP contribution in [-0.2, 0) is 28.4 Å². The van der Waals surface area contributed by atoms with Crippen LogP contribution in [0.1, 0.15) is 11.1 Å². The normalized spacial score (nSPS) is 13.9. The number of nitro benzene ring substituents is 1. The molecule has 0 spiro atoms. The molecule has 1 aliphatic heterocycles. The molecule has 2 aromatic heterocycles. The van der Waals surface area contributed by atoms with Crippen LogP contribution in [0, 0.1) is 10.1 Å². The molecule has 3 heterocycles. The van der Waals surface area contributed by atoms with Crippen molar-refractivity contribution < 1.29 is 24.0 Å². The highest BCUT2D eigenvalue weighted by Crippen LogP contribution is 2.41. The van der Waals surface area contributed by atoms with Crippen molar-refractivity contribution in [2.75, 3.05) is 6.73 Å². The summed E-state index contributed by atoms with van der Waals surface area (Å²) in [7, 11) is 3.53. The molecule has 0 aliphatic carbocycles. The zero-order valence-corrected chi connectivity index (χ0v) is 18.7. The maximum Gasteiger partial charge on any atom is 0.406 e. The van der Waals surface area contributed by atoms with Crippen molar-refractivity contribution in [3.63, 3.8) is 0 Å². The van der Waals surface area contributed by atoms with Crippen LogP contribution in [0.25, 0.3) is 33.0 Å². The number of nitro groups is 1. The summed E-state index contributed by atoms with van der Waals surface area (Å²) in [4.78, 5) is 49.9. The number of carbonyl (C=O) groups excluding carboxylic acids is 3. The number of rotatable bonds is 5. The smallest absolute Gasteiger partial charge is 0.406 e. The lowest BCUT2D eigenvalue weighted by atomic mass is 9.95. The van der Waals surface area contributed by atoms with Crippen LogP contribution in [-0.4, -0.2) is 43.6 Å². The Morgan fingerprint density at radius 2 is 1.51 bits per heavy atom. The topological polar surface area (TPSA) is 143 Å². The van der Waals surface area contributed by atoms with Gasteiger partial charge in [-0.15, -0.1) is 0 Å². The monoisotopic (exact) mass is 473 g/mol. The number of carbonyl (C=O) groups is 3. The number of imide groups is 1. The predicted octanol–water partition coefficient (Wildman–Crippen LogP) is 2.91. The molecule has 1 aliphatic rings. The summed E-state index contributed by atoms with van der Waals surface area (Å²) in [6.45, 7) is -0.638. The molecule has 11 nitrogen and oxygen atoms in total. The van der Waals surface area contributed by atoms with Gasteiger partial charge in [0, 0.05) is 66.0 Å². The molecular weight excluding hydrogens is 454 g/mol. The second-order valence-electron chi connectivity index (χ2n) is 8.16. The molecule has 35 heavy (non-hydrogen) atoms. The Kier molecular flexibility index (Phi) is 4.90. The van der Waals surface area contributed by atoms with Crippen LogP contribution in [0.15, 0.2) is 54.9 Å². The van der Waals surface area contributed by atoms with E-state index in [4.69, 9.17) is 10.5 Å². The standard InChI is InChI=1S/C24H19N5O6/c1-26-10-16(14-5-3-4-6-18(14)26)20-21(23(31)28(22(20)30)12-35-24(25)32)17-11-27(2)19-9-13(29(33)34)7-8-15(17)19/h3-11H,12H2,1-2H3,(H2,25,32). The van der Waals surface area contributed by atoms with Gasteiger partial charge in [-0.2, -0.15) is 0 Å². The number of amides is 3. The SMILES string of the molecule is Cn1cc(C2=C(c3cn(C)c4cc([N+](=O)[O-])ccc34)C(=O)N(COC(N)=O)C2=O)c2ccccc21. The molecule has 2 N–H and O–H groups in total. The van der Waals surface area contributed by atoms with E-state index >= 15 is 0 Å². The first-order valence-corrected chi connectivity index (χ1v) is 10.5. The van der Waals surface area contributed by atoms with E-state index < -0.39 is 29.6 Å². The lowest BCUT2D eigenvalue weighted by Crippen LogP contribution is -2.35. The van der Waals surface area contributed by atoms with Crippen molar-refractivity contribution in [1.82, 2.24) is 14.0 Å². The number of para-hydroxylation sites is 1. The molecule has 2 aromatic carbocycles. The van der Waals surface area contributed by atoms with Crippen molar-refractivity contribution in [2.45, 2.75) is 0 Å². The summed E-state index contributed by atoms with van der Waals surface area (Å²) in [5.41, 5.74) is 7.56. The molecule has 0 saturated carbocycles. The largest absolute Gasteiger partial charge is 0.428 e. The molecule has 3 amide bonds. The third-order valence-electron chi connectivity index (χ3n) is 6.12. The molecule has 0 unspecified atom stereocenters. The summed E-state index contributed by atoms with van der Waals surface area (Å²) < 4.78 is 8.28. The summed E-state index contributed by atoms with van der Waals surface area (Å²) in [5.74, 6) is -1.30. The molecule has 11 heteroatoms. The molecule has 0 saturated heterocycles. The van der Waals surface area contributed by atoms with E-state index in [0.717, 1.165) is 15.8 Å². The van der Waals surface area contributed by atoms with Crippen LogP contribution in [0.2, 0.25) is 0 Å². The van der Waals surface area contributed by atoms with Crippen molar-refractivity contribution in [3.8, 4) is 0 Å². The van der Waals surface area contributed by atoms with Gasteiger partial charge < -0.3 is 19.6 Å². The molecular formula is C24H19N5O6. The lowest BCUT2D eigenvalue weighted by Gasteiger charge is -2.14. The molecule has 0 fully saturated rings. The van der Waals surface area contributed by atoms with E-state index in [0.29, 0.717) is 22.0 Å². The van der Waals surface area contributed by atoms with Gasteiger partial charge >= 0.3 is 6.09 Å². The number of aromatic nitrogens is 2. The second-order valence-corrected chi connectivity index (χ2v) is 8.16. The van der Waals surface area contributed by atoms with Gasteiger partial charge in [-0.25, -0.2) is 9.69 Å². The summed E-state index contributed by atoms with van der Waals surface area (Å²) in [6, 6.07) is 11.8. The number of fused-ring (bicyclic) bond motifs is 2. The quantitative estimate of drug-likeness (QED) is 0.268. The number of nitrogens with zero attached hydrogens (tertiary/aromatic N) is 4. The maximum atomic E-state index is 13.6. The predicted molar refractivity (Wildman–Crippen MR) is 127 cm³/mol. The number of hydrogen-bond acceptors (Lipinski definition) is 6. The van der Waals surface area contributed by atoms with Crippen molar-refractivity contribution >= 4 is 56.5 Å². The van der Waals surface area contributed by atoms with Gasteiger partial charge in [0.1, 0.15) is 0 Å². The zero-order chi connectivity index (χ0) is 25.0. The van der Waals surface area contributed by atoms with Crippen molar-refractivity contribution in [2.24, 2.45) is 19.8 Å². The minimum absolute atomic E-state index is 0.0983. The molecule has 4 aromatic rings. The Hall–Kier alpha value is -4.93. The average molecular weight is 473 g/mol. The van der Waals surface area contributed by atoms with Crippen LogP contribution < -0.4 is 5.73 Å². The number of hydrogen-bond donors (Lipinski definition) is 1. The van der Waals surface area contributed by atoms with Crippen LogP contribution in [0.5, 0.6) is 0 Å². The molecule has 0 radical (unpaired) electrons. The number of primary amides is 1. The summed E-state index contributed by atoms with van der Waals surface area (Å²) in [6.07, 6.45) is 2.29. The number of benzene rings is 2. The molecule has 0 bridgehead atoms. The fourth-order valence-electron chi connectivity index (χ4n) is 4.55. The van der Waals surface area contributed by atoms with Crippen molar-refractivity contribution in [3.05, 3.63) is 76.1 Å². The minimum Gasteiger partial charge on any atom is -0.428 e. The van der Waals surface area contributed by atoms with Crippen LogP contribution >= 0.6 is 0 Å². The summed E-state index contributed by atoms with van der Waals surface area (Å²) >= 11 is 0. The third kappa shape index (κ3) is 3.32. The highest BCUT2D eigenvalue weighted by atomic mass is 16.6. The fourth-order valence-corrected chi connectivity index (χ4v) is 4.55. The Morgan fingerprint density at radius 1 is 0.943 bits per heavy atom. The number of nitrogens with two attached hydrogens (primary N) is 1. The molecule has 176 valence electrons. The Balaban J connectivity index is 1.79. The number of non-ortho nitro benzene ring substituents is 1. The van der Waals surface area contributed by atoms with Gasteiger partial charge in [0.15, 0.2) is 6.73 Å². The first-order chi connectivity index (χ1) is 16.7. The van der Waals surface area contributed by atoms with Crippen LogP contribution in [0.4, 0.5) is 10.5 Å². The zero-order valence-electron chi connectivity index (χ0n) is 18.7. The van der Waals surface area contributed by atoms with Gasteiger partial charge in [0.05, 0.1) is 21.6 Å². The third-order valence-corrected chi connectivity index (χ3v) is 6.12. The average Bonchev–Trinajstić information content (AvgIpc) is 3.41. The Morgan fingerprint density at radius 3 is 2.11 bits per heavy atom. The molecule has 0 atom stereocenters. The van der Waals surface area contributed by atoms with E-state index in [9.17, 15) is 24.5 Å². The Labute approximate surface area is 197 Å². The first kappa shape index (κ1) is 21.9. The second kappa shape index (κ2) is 7.83. The van der Waals surface area contributed by atoms with Crippen molar-refractivity contribution in [1.29, 1.82) is 0 Å². The van der Waals surface area contributed by atoms with E-state index in [2.05, 4.69) is 0 Å². The van der Waals surface area contributed by atoms with Gasteiger partial charge in [-0.3, -0.25) is 19.7 Å². The van der Waals surface area contributed by atoms with E-state index in [1.165, 1.54) is 12.1 Å². The van der Waals surface area contributed by atoms with Gasteiger partial charge in [-0.05, 0) is 12.1 Å².